The van der Waals surface area contributed by atoms with Crippen molar-refractivity contribution in [1.82, 2.24) is 4.57 Å². The largest absolute Gasteiger partial charge is 0.461 e. The number of nitro groups is 1. The fourth-order valence-electron chi connectivity index (χ4n) is 2.91. The molecule has 0 unspecified atom stereocenters. The van der Waals surface area contributed by atoms with Crippen molar-refractivity contribution < 1.29 is 19.2 Å². The summed E-state index contributed by atoms with van der Waals surface area (Å²) in [6.07, 6.45) is 0. The van der Waals surface area contributed by atoms with Crippen molar-refractivity contribution in [3.05, 3.63) is 80.1 Å². The zero-order valence-electron chi connectivity index (χ0n) is 18.0. The van der Waals surface area contributed by atoms with Gasteiger partial charge in [-0.05, 0) is 32.0 Å². The summed E-state index contributed by atoms with van der Waals surface area (Å²) < 4.78 is 6.84. The van der Waals surface area contributed by atoms with Crippen molar-refractivity contribution in [2.45, 2.75) is 25.7 Å². The number of esters is 1. The fourth-order valence-corrected chi connectivity index (χ4v) is 4.72. The Morgan fingerprint density at radius 3 is 2.45 bits per heavy atom. The molecule has 9 nitrogen and oxygen atoms in total. The molecule has 0 saturated heterocycles. The third-order valence-electron chi connectivity index (χ3n) is 4.33. The van der Waals surface area contributed by atoms with Gasteiger partial charge in [0.2, 0.25) is 9.85 Å². The zero-order chi connectivity index (χ0) is 24.0. The predicted octanol–water partition coefficient (Wildman–Crippen LogP) is 4.53. The molecular formula is C22H20N4O5S2. The third-order valence-corrected chi connectivity index (χ3v) is 6.57. The minimum atomic E-state index is -0.754. The van der Waals surface area contributed by atoms with Crippen LogP contribution in [-0.4, -0.2) is 32.9 Å². The van der Waals surface area contributed by atoms with Crippen LogP contribution >= 0.6 is 23.1 Å². The van der Waals surface area contributed by atoms with Gasteiger partial charge in [0.15, 0.2) is 5.78 Å². The molecular weight excluding hydrogens is 464 g/mol. The molecule has 170 valence electrons. The molecule has 0 aliphatic heterocycles. The van der Waals surface area contributed by atoms with Crippen LogP contribution < -0.4 is 4.80 Å². The summed E-state index contributed by atoms with van der Waals surface area (Å²) in [6, 6.07) is 15.3. The van der Waals surface area contributed by atoms with Crippen LogP contribution in [0.3, 0.4) is 0 Å². The number of hydrogen-bond acceptors (Lipinski definition) is 9. The van der Waals surface area contributed by atoms with E-state index in [2.05, 4.69) is 10.2 Å². The molecule has 33 heavy (non-hydrogen) atoms. The number of ether oxygens (including phenoxy) is 1. The maximum Gasteiger partial charge on any atom is 0.365 e. The first-order chi connectivity index (χ1) is 15.8. The fraction of sp³-hybridized carbons (Fsp3) is 0.182. The van der Waals surface area contributed by atoms with Crippen LogP contribution in [0.4, 0.5) is 5.69 Å². The lowest BCUT2D eigenvalue weighted by Gasteiger charge is -2.06. The monoisotopic (exact) mass is 484 g/mol. The Bertz CT molecular complexity index is 1300. The second-order valence-electron chi connectivity index (χ2n) is 6.58. The summed E-state index contributed by atoms with van der Waals surface area (Å²) in [4.78, 5) is 36.6. The first kappa shape index (κ1) is 24.1. The predicted molar refractivity (Wildman–Crippen MR) is 127 cm³/mol. The van der Waals surface area contributed by atoms with Gasteiger partial charge < -0.3 is 4.74 Å². The van der Waals surface area contributed by atoms with Gasteiger partial charge in [-0.2, -0.15) is 0 Å². The molecule has 2 aromatic carbocycles. The number of thiazole rings is 1. The van der Waals surface area contributed by atoms with E-state index in [-0.39, 0.29) is 28.0 Å². The number of Topliss-reactive ketones (excluding diaryl/α,β-unsaturated/α-hetero) is 1. The molecule has 0 amide bonds. The number of thioether (sulfide) groups is 1. The Morgan fingerprint density at radius 2 is 1.82 bits per heavy atom. The van der Waals surface area contributed by atoms with Crippen molar-refractivity contribution in [3.8, 4) is 5.69 Å². The molecule has 0 radical (unpaired) electrons. The minimum Gasteiger partial charge on any atom is -0.461 e. The van der Waals surface area contributed by atoms with Gasteiger partial charge in [0, 0.05) is 24.4 Å². The van der Waals surface area contributed by atoms with Gasteiger partial charge in [0.1, 0.15) is 0 Å². The Balaban J connectivity index is 2.16. The lowest BCUT2D eigenvalue weighted by atomic mass is 10.2. The van der Waals surface area contributed by atoms with Gasteiger partial charge in [-0.15, -0.1) is 10.2 Å². The maximum atomic E-state index is 12.5. The second-order valence-corrected chi connectivity index (χ2v) is 8.59. The molecule has 0 bridgehead atoms. The van der Waals surface area contributed by atoms with Gasteiger partial charge in [-0.25, -0.2) is 4.79 Å². The van der Waals surface area contributed by atoms with Gasteiger partial charge in [0.25, 0.3) is 5.69 Å². The number of ketones is 1. The summed E-state index contributed by atoms with van der Waals surface area (Å²) in [6.45, 7) is 5.02. The summed E-state index contributed by atoms with van der Waals surface area (Å²) in [5.74, 6) is -0.872. The number of carbonyl (C=O) groups excluding carboxylic acids is 2. The quantitative estimate of drug-likeness (QED) is 0.0965. The average Bonchev–Trinajstić information content (AvgIpc) is 3.13. The molecule has 1 heterocycles. The summed E-state index contributed by atoms with van der Waals surface area (Å²) >= 11 is 1.94. The van der Waals surface area contributed by atoms with Gasteiger partial charge in [-0.1, -0.05) is 53.4 Å². The molecule has 0 aliphatic carbocycles. The number of rotatable bonds is 6. The molecule has 0 aliphatic rings. The van der Waals surface area contributed by atoms with E-state index in [1.54, 1.807) is 24.5 Å². The number of aromatic nitrogens is 1. The Morgan fingerprint density at radius 1 is 1.15 bits per heavy atom. The molecule has 11 heteroatoms. The second kappa shape index (κ2) is 10.8. The van der Waals surface area contributed by atoms with Crippen LogP contribution in [0, 0.1) is 17.0 Å². The summed E-state index contributed by atoms with van der Waals surface area (Å²) in [5.41, 5.74) is 1.30. The van der Waals surface area contributed by atoms with E-state index in [9.17, 15) is 19.7 Å². The molecule has 0 fully saturated rings. The maximum absolute atomic E-state index is 12.5. The van der Waals surface area contributed by atoms with E-state index in [0.717, 1.165) is 28.8 Å². The minimum absolute atomic E-state index is 0.103. The van der Waals surface area contributed by atoms with E-state index >= 15 is 0 Å². The van der Waals surface area contributed by atoms with Gasteiger partial charge in [-0.3, -0.25) is 19.5 Å². The smallest absolute Gasteiger partial charge is 0.365 e. The summed E-state index contributed by atoms with van der Waals surface area (Å²) in [5, 5.41) is 19.5. The molecule has 0 spiro atoms. The SMILES string of the molecule is CCOC(=O)C(=NN=c1sc(C(C)=O)c(C)n1-c1ccccc1)Sc1ccccc1[N+](=O)[O-]. The Kier molecular flexibility index (Phi) is 7.91. The number of benzene rings is 2. The van der Waals surface area contributed by atoms with Crippen LogP contribution in [-0.2, 0) is 9.53 Å². The number of para-hydroxylation sites is 2. The highest BCUT2D eigenvalue weighted by Gasteiger charge is 2.21. The van der Waals surface area contributed by atoms with Crippen molar-refractivity contribution >= 4 is 45.6 Å². The highest BCUT2D eigenvalue weighted by molar-refractivity contribution is 8.15. The van der Waals surface area contributed by atoms with Crippen LogP contribution in [0.1, 0.15) is 29.2 Å². The van der Waals surface area contributed by atoms with Crippen molar-refractivity contribution in [2.24, 2.45) is 10.2 Å². The molecule has 3 rings (SSSR count). The van der Waals surface area contributed by atoms with Gasteiger partial charge >= 0.3 is 5.97 Å². The topological polar surface area (TPSA) is 116 Å². The van der Waals surface area contributed by atoms with E-state index in [0.29, 0.717) is 15.4 Å². The molecule has 0 saturated carbocycles. The van der Waals surface area contributed by atoms with Crippen LogP contribution in [0.2, 0.25) is 0 Å². The molecule has 0 N–H and O–H groups in total. The van der Waals surface area contributed by atoms with Crippen molar-refractivity contribution in [2.75, 3.05) is 6.61 Å². The lowest BCUT2D eigenvalue weighted by Crippen LogP contribution is -2.17. The Labute approximate surface area is 197 Å². The molecule has 1 aromatic heterocycles. The number of carbonyl (C=O) groups is 2. The Hall–Kier alpha value is -3.57. The number of hydrogen-bond donors (Lipinski definition) is 0. The number of nitrogens with zero attached hydrogens (tertiary/aromatic N) is 4. The van der Waals surface area contributed by atoms with Crippen LogP contribution in [0.15, 0.2) is 69.7 Å². The number of nitro benzene ring substituents is 1. The first-order valence-corrected chi connectivity index (χ1v) is 11.5. The standard InChI is InChI=1S/C22H20N4O5S2/c1-4-31-21(28)20(32-18-13-9-8-12-17(18)26(29)30)23-24-22-25(16-10-6-5-7-11-16)14(2)19(33-22)15(3)27/h5-13H,4H2,1-3H3. The van der Waals surface area contributed by atoms with Crippen molar-refractivity contribution in [3.63, 3.8) is 0 Å². The first-order valence-electron chi connectivity index (χ1n) is 9.82. The van der Waals surface area contributed by atoms with E-state index in [4.69, 9.17) is 4.74 Å². The van der Waals surface area contributed by atoms with Crippen LogP contribution in [0.5, 0.6) is 0 Å². The highest BCUT2D eigenvalue weighted by Crippen LogP contribution is 2.30. The average molecular weight is 485 g/mol. The zero-order valence-corrected chi connectivity index (χ0v) is 19.7. The van der Waals surface area contributed by atoms with E-state index < -0.39 is 10.9 Å². The van der Waals surface area contributed by atoms with E-state index in [1.165, 1.54) is 25.1 Å². The highest BCUT2D eigenvalue weighted by atomic mass is 32.2. The third kappa shape index (κ3) is 5.62. The molecule has 0 atom stereocenters. The molecule has 3 aromatic rings. The van der Waals surface area contributed by atoms with E-state index in [1.807, 2.05) is 30.3 Å². The lowest BCUT2D eigenvalue weighted by molar-refractivity contribution is -0.387. The van der Waals surface area contributed by atoms with Gasteiger partial charge in [0.05, 0.1) is 21.3 Å². The van der Waals surface area contributed by atoms with Crippen molar-refractivity contribution in [1.29, 1.82) is 0 Å². The van der Waals surface area contributed by atoms with Crippen LogP contribution in [0.25, 0.3) is 5.69 Å². The normalized spacial score (nSPS) is 12.0. The summed E-state index contributed by atoms with van der Waals surface area (Å²) in [7, 11) is 0.